The molecule has 0 fully saturated rings. The number of ether oxygens (including phenoxy) is 2. The van der Waals surface area contributed by atoms with Crippen LogP contribution in [0.1, 0.15) is 22.8 Å². The first-order chi connectivity index (χ1) is 13.9. The van der Waals surface area contributed by atoms with Gasteiger partial charge >= 0.3 is 0 Å². The van der Waals surface area contributed by atoms with Gasteiger partial charge in [0.15, 0.2) is 5.11 Å². The number of hydrogen-bond acceptors (Lipinski definition) is 5. The zero-order valence-electron chi connectivity index (χ0n) is 15.8. The Kier molecular flexibility index (Phi) is 8.87. The molecule has 0 aliphatic carbocycles. The second-order valence-electron chi connectivity index (χ2n) is 5.58. The summed E-state index contributed by atoms with van der Waals surface area (Å²) in [6, 6.07) is 12.3. The summed E-state index contributed by atoms with van der Waals surface area (Å²) in [4.78, 5) is 24.1. The molecule has 0 aliphatic heterocycles. The second kappa shape index (κ2) is 11.4. The van der Waals surface area contributed by atoms with Crippen molar-refractivity contribution in [1.82, 2.24) is 16.2 Å². The minimum absolute atomic E-state index is 0.0251. The smallest absolute Gasteiger partial charge is 0.269 e. The van der Waals surface area contributed by atoms with E-state index in [1.54, 1.807) is 31.4 Å². The SMILES string of the molecule is CCOc1ccc(/C=C/C(=O)NC(=S)NNC(=O)c2ccc(OC)c(I)c2)cc1. The summed E-state index contributed by atoms with van der Waals surface area (Å²) >= 11 is 7.09. The molecule has 2 aromatic carbocycles. The molecule has 0 heterocycles. The van der Waals surface area contributed by atoms with Crippen LogP contribution in [0.2, 0.25) is 0 Å². The third-order valence-electron chi connectivity index (χ3n) is 3.56. The normalized spacial score (nSPS) is 10.3. The van der Waals surface area contributed by atoms with Crippen LogP contribution in [0.4, 0.5) is 0 Å². The van der Waals surface area contributed by atoms with Crippen molar-refractivity contribution >= 4 is 57.8 Å². The first-order valence-corrected chi connectivity index (χ1v) is 10.1. The first kappa shape index (κ1) is 22.6. The molecule has 0 saturated heterocycles. The van der Waals surface area contributed by atoms with Gasteiger partial charge in [-0.05, 0) is 83.7 Å². The van der Waals surface area contributed by atoms with E-state index in [4.69, 9.17) is 21.7 Å². The molecule has 3 N–H and O–H groups in total. The Morgan fingerprint density at radius 2 is 1.86 bits per heavy atom. The highest BCUT2D eigenvalue weighted by Crippen LogP contribution is 2.21. The van der Waals surface area contributed by atoms with Crippen LogP contribution in [0.3, 0.4) is 0 Å². The van der Waals surface area contributed by atoms with Crippen molar-refractivity contribution in [1.29, 1.82) is 0 Å². The van der Waals surface area contributed by atoms with E-state index in [-0.39, 0.29) is 5.11 Å². The number of hydrogen-bond donors (Lipinski definition) is 3. The summed E-state index contributed by atoms with van der Waals surface area (Å²) in [6.45, 7) is 2.51. The standard InChI is InChI=1S/C20H20IN3O4S/c1-3-28-15-8-4-13(5-9-15)6-11-18(25)22-20(29)24-23-19(26)14-7-10-17(27-2)16(21)12-14/h4-12H,3H2,1-2H3,(H,23,26)(H2,22,24,25,29)/b11-6+. The molecule has 2 aromatic rings. The van der Waals surface area contributed by atoms with Crippen LogP contribution in [0.15, 0.2) is 48.5 Å². The van der Waals surface area contributed by atoms with Crippen molar-refractivity contribution in [3.63, 3.8) is 0 Å². The number of nitrogens with one attached hydrogen (secondary N) is 3. The monoisotopic (exact) mass is 525 g/mol. The van der Waals surface area contributed by atoms with Crippen molar-refractivity contribution in [3.8, 4) is 11.5 Å². The van der Waals surface area contributed by atoms with E-state index in [9.17, 15) is 9.59 Å². The van der Waals surface area contributed by atoms with Crippen molar-refractivity contribution < 1.29 is 19.1 Å². The molecule has 0 saturated carbocycles. The largest absolute Gasteiger partial charge is 0.496 e. The fourth-order valence-electron chi connectivity index (χ4n) is 2.19. The Hall–Kier alpha value is -2.66. The maximum atomic E-state index is 12.2. The van der Waals surface area contributed by atoms with Gasteiger partial charge in [-0.3, -0.25) is 25.8 Å². The Morgan fingerprint density at radius 3 is 2.48 bits per heavy atom. The molecule has 7 nitrogen and oxygen atoms in total. The van der Waals surface area contributed by atoms with Crippen LogP contribution in [0, 0.1) is 3.57 Å². The molecule has 0 aromatic heterocycles. The third-order valence-corrected chi connectivity index (χ3v) is 4.61. The molecule has 2 amide bonds. The quantitative estimate of drug-likeness (QED) is 0.233. The average Bonchev–Trinajstić information content (AvgIpc) is 2.71. The molecule has 0 spiro atoms. The lowest BCUT2D eigenvalue weighted by Gasteiger charge is -2.10. The minimum Gasteiger partial charge on any atom is -0.496 e. The van der Waals surface area contributed by atoms with Gasteiger partial charge in [0.05, 0.1) is 17.3 Å². The molecule has 0 radical (unpaired) electrons. The van der Waals surface area contributed by atoms with E-state index in [0.717, 1.165) is 14.9 Å². The summed E-state index contributed by atoms with van der Waals surface area (Å²) in [5.41, 5.74) is 6.19. The molecule has 152 valence electrons. The predicted molar refractivity (Wildman–Crippen MR) is 124 cm³/mol. The van der Waals surface area contributed by atoms with Gasteiger partial charge in [0.1, 0.15) is 11.5 Å². The number of thiocarbonyl (C=S) groups is 1. The molecular formula is C20H20IN3O4S. The van der Waals surface area contributed by atoms with Gasteiger partial charge in [-0.1, -0.05) is 12.1 Å². The predicted octanol–water partition coefficient (Wildman–Crippen LogP) is 3.05. The Bertz CT molecular complexity index is 916. The van der Waals surface area contributed by atoms with Crippen molar-refractivity contribution in [2.24, 2.45) is 0 Å². The van der Waals surface area contributed by atoms with Gasteiger partial charge in [-0.25, -0.2) is 0 Å². The van der Waals surface area contributed by atoms with Gasteiger partial charge in [0, 0.05) is 11.6 Å². The van der Waals surface area contributed by atoms with Crippen LogP contribution in [-0.4, -0.2) is 30.6 Å². The Labute approximate surface area is 188 Å². The topological polar surface area (TPSA) is 88.7 Å². The van der Waals surface area contributed by atoms with Crippen molar-refractivity contribution in [2.45, 2.75) is 6.92 Å². The number of halogens is 1. The molecule has 9 heteroatoms. The molecule has 2 rings (SSSR count). The lowest BCUT2D eigenvalue weighted by atomic mass is 10.2. The first-order valence-electron chi connectivity index (χ1n) is 8.58. The minimum atomic E-state index is -0.426. The maximum Gasteiger partial charge on any atom is 0.269 e. The average molecular weight is 525 g/mol. The summed E-state index contributed by atoms with van der Waals surface area (Å²) in [6.07, 6.45) is 2.99. The highest BCUT2D eigenvalue weighted by Gasteiger charge is 2.09. The Balaban J connectivity index is 1.81. The molecule has 0 bridgehead atoms. The van der Waals surface area contributed by atoms with Crippen molar-refractivity contribution in [3.05, 3.63) is 63.2 Å². The third kappa shape index (κ3) is 7.35. The van der Waals surface area contributed by atoms with Crippen molar-refractivity contribution in [2.75, 3.05) is 13.7 Å². The molecule has 0 unspecified atom stereocenters. The number of benzene rings is 2. The lowest BCUT2D eigenvalue weighted by molar-refractivity contribution is -0.115. The highest BCUT2D eigenvalue weighted by atomic mass is 127. The fourth-order valence-corrected chi connectivity index (χ4v) is 3.08. The number of carbonyl (C=O) groups excluding carboxylic acids is 2. The number of hydrazine groups is 1. The van der Waals surface area contributed by atoms with Gasteiger partial charge in [-0.2, -0.15) is 0 Å². The fraction of sp³-hybridized carbons (Fsp3) is 0.150. The van der Waals surface area contributed by atoms with Crippen LogP contribution < -0.4 is 25.6 Å². The van der Waals surface area contributed by atoms with E-state index in [2.05, 4.69) is 38.8 Å². The summed E-state index contributed by atoms with van der Waals surface area (Å²) < 4.78 is 11.3. The van der Waals surface area contributed by atoms with E-state index < -0.39 is 11.8 Å². The van der Waals surface area contributed by atoms with Crippen LogP contribution in [-0.2, 0) is 4.79 Å². The number of carbonyl (C=O) groups is 2. The zero-order chi connectivity index (χ0) is 21.2. The second-order valence-corrected chi connectivity index (χ2v) is 7.15. The molecule has 0 aliphatic rings. The van der Waals surface area contributed by atoms with E-state index in [0.29, 0.717) is 17.9 Å². The van der Waals surface area contributed by atoms with Gasteiger partial charge < -0.3 is 9.47 Å². The van der Waals surface area contributed by atoms with Gasteiger partial charge in [-0.15, -0.1) is 0 Å². The lowest BCUT2D eigenvalue weighted by Crippen LogP contribution is -2.48. The van der Waals surface area contributed by atoms with Crippen LogP contribution >= 0.6 is 34.8 Å². The van der Waals surface area contributed by atoms with E-state index >= 15 is 0 Å². The van der Waals surface area contributed by atoms with Crippen LogP contribution in [0.5, 0.6) is 11.5 Å². The van der Waals surface area contributed by atoms with E-state index in [1.165, 1.54) is 6.08 Å². The maximum absolute atomic E-state index is 12.2. The van der Waals surface area contributed by atoms with Gasteiger partial charge in [0.25, 0.3) is 5.91 Å². The Morgan fingerprint density at radius 1 is 1.14 bits per heavy atom. The molecular weight excluding hydrogens is 505 g/mol. The van der Waals surface area contributed by atoms with Gasteiger partial charge in [0.2, 0.25) is 5.91 Å². The summed E-state index contributed by atoms with van der Waals surface area (Å²) in [5, 5.41) is 2.43. The summed E-state index contributed by atoms with van der Waals surface area (Å²) in [7, 11) is 1.56. The molecule has 0 atom stereocenters. The number of rotatable bonds is 6. The van der Waals surface area contributed by atoms with E-state index in [1.807, 2.05) is 31.2 Å². The number of methoxy groups -OCH3 is 1. The summed E-state index contributed by atoms with van der Waals surface area (Å²) in [5.74, 6) is 0.621. The number of amides is 2. The molecule has 29 heavy (non-hydrogen) atoms. The highest BCUT2D eigenvalue weighted by molar-refractivity contribution is 14.1. The zero-order valence-corrected chi connectivity index (χ0v) is 18.8. The van der Waals surface area contributed by atoms with Crippen LogP contribution in [0.25, 0.3) is 6.08 Å².